The van der Waals surface area contributed by atoms with Crippen LogP contribution in [0, 0.1) is 16.0 Å². The number of carbonyl (C=O) groups is 2. The topological polar surface area (TPSA) is 127 Å². The predicted octanol–water partition coefficient (Wildman–Crippen LogP) is 2.13. The number of nitro groups is 1. The van der Waals surface area contributed by atoms with Crippen LogP contribution in [0.3, 0.4) is 0 Å². The van der Waals surface area contributed by atoms with Gasteiger partial charge in [0.1, 0.15) is 11.8 Å². The van der Waals surface area contributed by atoms with Crippen molar-refractivity contribution in [3.63, 3.8) is 0 Å². The molecular formula is C24H27N5O6. The zero-order chi connectivity index (χ0) is 24.9. The standard InChI is InChI=1S/C24H27N5O6/c1-3-35-23(31)20-21(16-7-9-17(10-8-16)29(32)33)25-24(26-22(20)30)28-13-11-27(12-14-28)18-5-4-6-19(15-18)34-2/h4-10,15,20-21H,3,11-14H2,1-2H3,(H,25,26,30)/t20-,21+/m1/s1. The van der Waals surface area contributed by atoms with Crippen molar-refractivity contribution in [3.8, 4) is 5.75 Å². The Balaban J connectivity index is 1.56. The first-order valence-corrected chi connectivity index (χ1v) is 11.3. The summed E-state index contributed by atoms with van der Waals surface area (Å²) in [6.07, 6.45) is 0. The lowest BCUT2D eigenvalue weighted by Crippen LogP contribution is -2.57. The fourth-order valence-electron chi connectivity index (χ4n) is 4.24. The number of nitrogens with zero attached hydrogens (tertiary/aromatic N) is 4. The van der Waals surface area contributed by atoms with Gasteiger partial charge in [-0.05, 0) is 24.6 Å². The van der Waals surface area contributed by atoms with Crippen LogP contribution < -0.4 is 15.0 Å². The number of carbonyl (C=O) groups excluding carboxylic acids is 2. The number of hydrogen-bond donors (Lipinski definition) is 1. The van der Waals surface area contributed by atoms with Crippen LogP contribution in [0.15, 0.2) is 53.5 Å². The van der Waals surface area contributed by atoms with Gasteiger partial charge in [0.25, 0.3) is 5.69 Å². The first-order chi connectivity index (χ1) is 16.9. The van der Waals surface area contributed by atoms with Gasteiger partial charge in [0.15, 0.2) is 5.92 Å². The van der Waals surface area contributed by atoms with E-state index >= 15 is 0 Å². The van der Waals surface area contributed by atoms with Crippen molar-refractivity contribution < 1.29 is 24.0 Å². The summed E-state index contributed by atoms with van der Waals surface area (Å²) in [6, 6.07) is 12.7. The van der Waals surface area contributed by atoms with Gasteiger partial charge in [0, 0.05) is 50.1 Å². The number of guanidine groups is 1. The zero-order valence-electron chi connectivity index (χ0n) is 19.5. The highest BCUT2D eigenvalue weighted by atomic mass is 16.6. The molecule has 2 heterocycles. The van der Waals surface area contributed by atoms with Gasteiger partial charge in [-0.2, -0.15) is 0 Å². The van der Waals surface area contributed by atoms with Gasteiger partial charge in [0.05, 0.1) is 18.6 Å². The largest absolute Gasteiger partial charge is 0.497 e. The van der Waals surface area contributed by atoms with Crippen LogP contribution in [0.2, 0.25) is 0 Å². The molecule has 2 aromatic carbocycles. The number of aliphatic imine (C=N–C) groups is 1. The highest BCUT2D eigenvalue weighted by molar-refractivity contribution is 6.08. The molecule has 0 radical (unpaired) electrons. The lowest BCUT2D eigenvalue weighted by Gasteiger charge is -2.39. The third-order valence-corrected chi connectivity index (χ3v) is 6.08. The van der Waals surface area contributed by atoms with Crippen LogP contribution >= 0.6 is 0 Å². The highest BCUT2D eigenvalue weighted by Crippen LogP contribution is 2.32. The van der Waals surface area contributed by atoms with Crippen molar-refractivity contribution in [1.82, 2.24) is 10.2 Å². The Bertz CT molecular complexity index is 1130. The predicted molar refractivity (Wildman–Crippen MR) is 128 cm³/mol. The van der Waals surface area contributed by atoms with Crippen molar-refractivity contribution >= 4 is 29.2 Å². The number of piperazine rings is 1. The molecular weight excluding hydrogens is 454 g/mol. The SMILES string of the molecule is CCOC(=O)[C@H]1C(=O)NC(N2CCN(c3cccc(OC)c3)CC2)=N[C@H]1c1ccc([N+](=O)[O-])cc1. The van der Waals surface area contributed by atoms with Gasteiger partial charge in [-0.25, -0.2) is 4.99 Å². The van der Waals surface area contributed by atoms with E-state index in [4.69, 9.17) is 14.5 Å². The minimum atomic E-state index is -1.18. The van der Waals surface area contributed by atoms with Crippen molar-refractivity contribution in [3.05, 3.63) is 64.2 Å². The van der Waals surface area contributed by atoms with Gasteiger partial charge < -0.3 is 19.3 Å². The number of esters is 1. The molecule has 1 amide bonds. The monoisotopic (exact) mass is 481 g/mol. The Morgan fingerprint density at radius 2 is 1.83 bits per heavy atom. The van der Waals surface area contributed by atoms with E-state index in [2.05, 4.69) is 10.2 Å². The Morgan fingerprint density at radius 1 is 1.14 bits per heavy atom. The summed E-state index contributed by atoms with van der Waals surface area (Å²) in [5, 5.41) is 13.8. The van der Waals surface area contributed by atoms with Gasteiger partial charge in [-0.3, -0.25) is 25.0 Å². The first kappa shape index (κ1) is 24.0. The number of hydrogen-bond acceptors (Lipinski definition) is 9. The molecule has 0 spiro atoms. The summed E-state index contributed by atoms with van der Waals surface area (Å²) in [5.74, 6) is -1.21. The summed E-state index contributed by atoms with van der Waals surface area (Å²) < 4.78 is 10.4. The third kappa shape index (κ3) is 5.18. The lowest BCUT2D eigenvalue weighted by molar-refractivity contribution is -0.384. The summed E-state index contributed by atoms with van der Waals surface area (Å²) in [5.41, 5.74) is 1.49. The van der Waals surface area contributed by atoms with Crippen molar-refractivity contribution in [2.24, 2.45) is 10.9 Å². The maximum atomic E-state index is 13.0. The second kappa shape index (κ2) is 10.4. The number of anilines is 1. The second-order valence-corrected chi connectivity index (χ2v) is 8.14. The summed E-state index contributed by atoms with van der Waals surface area (Å²) in [4.78, 5) is 45.1. The molecule has 1 saturated heterocycles. The molecule has 0 aliphatic carbocycles. The molecule has 0 unspecified atom stereocenters. The van der Waals surface area contributed by atoms with Crippen LogP contribution in [0.25, 0.3) is 0 Å². The van der Waals surface area contributed by atoms with Gasteiger partial charge in [-0.1, -0.05) is 18.2 Å². The molecule has 0 saturated carbocycles. The number of non-ortho nitro benzene ring substituents is 1. The molecule has 1 fully saturated rings. The summed E-state index contributed by atoms with van der Waals surface area (Å²) >= 11 is 0. The maximum absolute atomic E-state index is 13.0. The minimum absolute atomic E-state index is 0.0837. The van der Waals surface area contributed by atoms with Crippen LogP contribution in [0.5, 0.6) is 5.75 Å². The number of benzene rings is 2. The van der Waals surface area contributed by atoms with Crippen LogP contribution in [-0.2, 0) is 14.3 Å². The van der Waals surface area contributed by atoms with Gasteiger partial charge in [0.2, 0.25) is 11.9 Å². The Hall–Kier alpha value is -4.15. The molecule has 184 valence electrons. The number of amides is 1. The molecule has 2 aliphatic rings. The fourth-order valence-corrected chi connectivity index (χ4v) is 4.24. The smallest absolute Gasteiger partial charge is 0.321 e. The Labute approximate surface area is 202 Å². The van der Waals surface area contributed by atoms with Gasteiger partial charge in [-0.15, -0.1) is 0 Å². The van der Waals surface area contributed by atoms with E-state index in [1.54, 1.807) is 14.0 Å². The van der Waals surface area contributed by atoms with Crippen LogP contribution in [0.4, 0.5) is 11.4 Å². The summed E-state index contributed by atoms with van der Waals surface area (Å²) in [6.45, 7) is 4.40. The van der Waals surface area contributed by atoms with Crippen molar-refractivity contribution in [2.75, 3.05) is 44.8 Å². The number of ether oxygens (including phenoxy) is 2. The molecule has 35 heavy (non-hydrogen) atoms. The normalized spacial score (nSPS) is 20.1. The van der Waals surface area contributed by atoms with E-state index in [9.17, 15) is 19.7 Å². The van der Waals surface area contributed by atoms with E-state index in [1.807, 2.05) is 29.2 Å². The number of nitrogens with one attached hydrogen (secondary N) is 1. The number of nitro benzene ring substituents is 1. The van der Waals surface area contributed by atoms with E-state index in [0.717, 1.165) is 11.4 Å². The molecule has 2 aromatic rings. The van der Waals surface area contributed by atoms with Crippen LogP contribution in [-0.4, -0.2) is 67.6 Å². The molecule has 11 heteroatoms. The molecule has 0 aromatic heterocycles. The zero-order valence-corrected chi connectivity index (χ0v) is 19.5. The summed E-state index contributed by atoms with van der Waals surface area (Å²) in [7, 11) is 1.63. The second-order valence-electron chi connectivity index (χ2n) is 8.14. The van der Waals surface area contributed by atoms with E-state index in [1.165, 1.54) is 24.3 Å². The third-order valence-electron chi connectivity index (χ3n) is 6.08. The van der Waals surface area contributed by atoms with Crippen LogP contribution in [0.1, 0.15) is 18.5 Å². The average molecular weight is 482 g/mol. The average Bonchev–Trinajstić information content (AvgIpc) is 2.88. The molecule has 11 nitrogen and oxygen atoms in total. The molecule has 0 bridgehead atoms. The van der Waals surface area contributed by atoms with Gasteiger partial charge >= 0.3 is 5.97 Å². The Kier molecular flexibility index (Phi) is 7.14. The molecule has 2 aliphatic heterocycles. The van der Waals surface area contributed by atoms with Crippen molar-refractivity contribution in [2.45, 2.75) is 13.0 Å². The number of methoxy groups -OCH3 is 1. The van der Waals surface area contributed by atoms with E-state index < -0.39 is 28.8 Å². The van der Waals surface area contributed by atoms with E-state index in [0.29, 0.717) is 37.7 Å². The van der Waals surface area contributed by atoms with Crippen molar-refractivity contribution in [1.29, 1.82) is 0 Å². The lowest BCUT2D eigenvalue weighted by atomic mass is 9.91. The number of rotatable bonds is 6. The fraction of sp³-hybridized carbons (Fsp3) is 0.375. The highest BCUT2D eigenvalue weighted by Gasteiger charge is 2.42. The maximum Gasteiger partial charge on any atom is 0.321 e. The Morgan fingerprint density at radius 3 is 2.46 bits per heavy atom. The first-order valence-electron chi connectivity index (χ1n) is 11.3. The molecule has 2 atom stereocenters. The molecule has 1 N–H and O–H groups in total. The quantitative estimate of drug-likeness (QED) is 0.288. The van der Waals surface area contributed by atoms with E-state index in [-0.39, 0.29) is 12.3 Å². The minimum Gasteiger partial charge on any atom is -0.497 e. The molecule has 4 rings (SSSR count).